The molecule has 0 aliphatic carbocycles. The molecule has 0 aromatic heterocycles. The van der Waals surface area contributed by atoms with Crippen LogP contribution in [0.3, 0.4) is 0 Å². The van der Waals surface area contributed by atoms with Crippen molar-refractivity contribution in [2.24, 2.45) is 0 Å². The molecule has 0 fully saturated rings. The molecule has 0 amide bonds. The lowest BCUT2D eigenvalue weighted by atomic mass is 10.2. The van der Waals surface area contributed by atoms with Gasteiger partial charge in [0.25, 0.3) is 0 Å². The minimum Gasteiger partial charge on any atom is -0.320 e. The third-order valence-electron chi connectivity index (χ3n) is 4.15. The lowest BCUT2D eigenvalue weighted by Crippen LogP contribution is -2.22. The molecule has 0 saturated carbocycles. The van der Waals surface area contributed by atoms with Gasteiger partial charge in [-0.2, -0.15) is 0 Å². The maximum atomic E-state index is 3.56. The average Bonchev–Trinajstić information content (AvgIpc) is 2.60. The van der Waals surface area contributed by atoms with Gasteiger partial charge in [-0.15, -0.1) is 0 Å². The Labute approximate surface area is 151 Å². The highest BCUT2D eigenvalue weighted by Gasteiger charge is 1.93. The first-order valence-electron chi connectivity index (χ1n) is 10.4. The average molecular weight is 344 g/mol. The number of hydrogen-bond donors (Lipinski definition) is 5. The van der Waals surface area contributed by atoms with E-state index in [4.69, 9.17) is 0 Å². The van der Waals surface area contributed by atoms with E-state index < -0.39 is 0 Å². The fourth-order valence-electron chi connectivity index (χ4n) is 2.60. The van der Waals surface area contributed by atoms with Crippen molar-refractivity contribution in [2.45, 2.75) is 58.3 Å². The summed E-state index contributed by atoms with van der Waals surface area (Å²) in [4.78, 5) is 0. The molecule has 0 heterocycles. The van der Waals surface area contributed by atoms with Crippen LogP contribution in [0.1, 0.15) is 58.3 Å². The Hall–Kier alpha value is -0.200. The predicted octanol–water partition coefficient (Wildman–Crippen LogP) is 1.70. The minimum atomic E-state index is 1.09. The molecule has 0 aliphatic rings. The first-order chi connectivity index (χ1) is 11.9. The highest BCUT2D eigenvalue weighted by atomic mass is 14.9. The number of unbranched alkanes of at least 4 members (excludes halogenated alkanes) is 4. The molecular formula is C19H45N5. The molecule has 0 aliphatic heterocycles. The zero-order valence-electron chi connectivity index (χ0n) is 16.5. The second kappa shape index (κ2) is 22.8. The number of nitrogens with one attached hydrogen (secondary N) is 5. The standard InChI is InChI=1S/C19H45N5/c1-3-21-13-6-7-15-23-17-10-11-19-24-18-9-8-16-22-14-5-4-12-20-2/h20-24H,3-19H2,1-2H3. The van der Waals surface area contributed by atoms with E-state index in [1.165, 1.54) is 84.1 Å². The van der Waals surface area contributed by atoms with Crippen LogP contribution in [-0.2, 0) is 0 Å². The van der Waals surface area contributed by atoms with Crippen molar-refractivity contribution in [2.75, 3.05) is 66.0 Å². The second-order valence-corrected chi connectivity index (χ2v) is 6.54. The minimum absolute atomic E-state index is 1.09. The van der Waals surface area contributed by atoms with E-state index in [1.54, 1.807) is 0 Å². The summed E-state index contributed by atoms with van der Waals surface area (Å²) in [6.45, 7) is 12.5. The quantitative estimate of drug-likeness (QED) is 0.205. The maximum Gasteiger partial charge on any atom is -0.00484 e. The van der Waals surface area contributed by atoms with Gasteiger partial charge in [-0.25, -0.2) is 0 Å². The zero-order valence-corrected chi connectivity index (χ0v) is 16.5. The van der Waals surface area contributed by atoms with E-state index in [9.17, 15) is 0 Å². The monoisotopic (exact) mass is 343 g/mol. The Morgan fingerprint density at radius 3 is 1.00 bits per heavy atom. The Kier molecular flexibility index (Phi) is 22.6. The van der Waals surface area contributed by atoms with Crippen molar-refractivity contribution in [1.82, 2.24) is 26.6 Å². The summed E-state index contributed by atoms with van der Waals surface area (Å²) < 4.78 is 0. The molecule has 0 saturated heterocycles. The highest BCUT2D eigenvalue weighted by molar-refractivity contribution is 4.55. The van der Waals surface area contributed by atoms with Crippen LogP contribution >= 0.6 is 0 Å². The molecule has 24 heavy (non-hydrogen) atoms. The van der Waals surface area contributed by atoms with E-state index in [1.807, 2.05) is 7.05 Å². The molecule has 0 aromatic rings. The van der Waals surface area contributed by atoms with Gasteiger partial charge in [0.15, 0.2) is 0 Å². The third-order valence-corrected chi connectivity index (χ3v) is 4.15. The molecule has 0 aromatic carbocycles. The second-order valence-electron chi connectivity index (χ2n) is 6.54. The van der Waals surface area contributed by atoms with E-state index in [-0.39, 0.29) is 0 Å². The van der Waals surface area contributed by atoms with Crippen LogP contribution < -0.4 is 26.6 Å². The van der Waals surface area contributed by atoms with Crippen LogP contribution in [0, 0.1) is 0 Å². The van der Waals surface area contributed by atoms with Crippen LogP contribution in [-0.4, -0.2) is 66.0 Å². The van der Waals surface area contributed by atoms with Gasteiger partial charge < -0.3 is 26.6 Å². The molecule has 0 radical (unpaired) electrons. The highest BCUT2D eigenvalue weighted by Crippen LogP contribution is 1.90. The van der Waals surface area contributed by atoms with Crippen molar-refractivity contribution in [3.05, 3.63) is 0 Å². The Balaban J connectivity index is 2.93. The smallest absolute Gasteiger partial charge is 0.00484 e. The van der Waals surface area contributed by atoms with Crippen molar-refractivity contribution in [1.29, 1.82) is 0 Å². The van der Waals surface area contributed by atoms with Gasteiger partial charge in [0.05, 0.1) is 0 Å². The van der Waals surface area contributed by atoms with Crippen LogP contribution in [0.5, 0.6) is 0 Å². The lowest BCUT2D eigenvalue weighted by Gasteiger charge is -2.07. The summed E-state index contributed by atoms with van der Waals surface area (Å²) in [5.41, 5.74) is 0. The molecule has 0 atom stereocenters. The lowest BCUT2D eigenvalue weighted by molar-refractivity contribution is 0.539. The third kappa shape index (κ3) is 21.8. The Morgan fingerprint density at radius 2 is 0.708 bits per heavy atom. The molecule has 5 nitrogen and oxygen atoms in total. The fraction of sp³-hybridized carbons (Fsp3) is 1.00. The summed E-state index contributed by atoms with van der Waals surface area (Å²) in [5.74, 6) is 0. The van der Waals surface area contributed by atoms with Crippen LogP contribution in [0.25, 0.3) is 0 Å². The Morgan fingerprint density at radius 1 is 0.417 bits per heavy atom. The fourth-order valence-corrected chi connectivity index (χ4v) is 2.60. The van der Waals surface area contributed by atoms with Crippen LogP contribution in [0.15, 0.2) is 0 Å². The van der Waals surface area contributed by atoms with Crippen molar-refractivity contribution in [3.63, 3.8) is 0 Å². The molecular weight excluding hydrogens is 298 g/mol. The van der Waals surface area contributed by atoms with Gasteiger partial charge in [0.2, 0.25) is 0 Å². The maximum absolute atomic E-state index is 3.56. The molecule has 0 unspecified atom stereocenters. The van der Waals surface area contributed by atoms with Gasteiger partial charge in [-0.3, -0.25) is 0 Å². The summed E-state index contributed by atoms with van der Waals surface area (Å²) in [6.07, 6.45) is 10.3. The molecule has 146 valence electrons. The molecule has 5 heteroatoms. The van der Waals surface area contributed by atoms with Crippen molar-refractivity contribution >= 4 is 0 Å². The van der Waals surface area contributed by atoms with Gasteiger partial charge in [-0.1, -0.05) is 6.92 Å². The zero-order chi connectivity index (χ0) is 17.6. The molecule has 0 spiro atoms. The number of rotatable bonds is 21. The van der Waals surface area contributed by atoms with E-state index >= 15 is 0 Å². The van der Waals surface area contributed by atoms with Gasteiger partial charge in [0, 0.05) is 0 Å². The molecule has 0 rings (SSSR count). The van der Waals surface area contributed by atoms with E-state index in [0.717, 1.165) is 26.2 Å². The summed E-state index contributed by atoms with van der Waals surface area (Å²) in [6, 6.07) is 0. The largest absolute Gasteiger partial charge is 0.320 e. The van der Waals surface area contributed by atoms with Crippen LogP contribution in [0.2, 0.25) is 0 Å². The summed E-state index contributed by atoms with van der Waals surface area (Å²) >= 11 is 0. The van der Waals surface area contributed by atoms with Gasteiger partial charge >= 0.3 is 0 Å². The first-order valence-corrected chi connectivity index (χ1v) is 10.4. The molecule has 0 bridgehead atoms. The van der Waals surface area contributed by atoms with Crippen molar-refractivity contribution < 1.29 is 0 Å². The SMILES string of the molecule is CCNCCCCNCCCCNCCCCNCCCCNC. The number of hydrogen-bond acceptors (Lipinski definition) is 5. The molecule has 5 N–H and O–H groups in total. The van der Waals surface area contributed by atoms with Crippen LogP contribution in [0.4, 0.5) is 0 Å². The van der Waals surface area contributed by atoms with E-state index in [0.29, 0.717) is 0 Å². The summed E-state index contributed by atoms with van der Waals surface area (Å²) in [5, 5.41) is 17.2. The van der Waals surface area contributed by atoms with Crippen molar-refractivity contribution in [3.8, 4) is 0 Å². The van der Waals surface area contributed by atoms with Gasteiger partial charge in [0.1, 0.15) is 0 Å². The first kappa shape index (κ1) is 23.8. The van der Waals surface area contributed by atoms with E-state index in [2.05, 4.69) is 33.5 Å². The normalized spacial score (nSPS) is 11.2. The Bertz CT molecular complexity index is 192. The topological polar surface area (TPSA) is 60.1 Å². The van der Waals surface area contributed by atoms with Gasteiger partial charge in [-0.05, 0) is 117 Å². The predicted molar refractivity (Wildman–Crippen MR) is 108 cm³/mol. The summed E-state index contributed by atoms with van der Waals surface area (Å²) in [7, 11) is 2.02.